The van der Waals surface area contributed by atoms with E-state index in [1.54, 1.807) is 4.90 Å². The number of guanidine groups is 1. The van der Waals surface area contributed by atoms with Crippen molar-refractivity contribution in [2.45, 2.75) is 19.1 Å². The van der Waals surface area contributed by atoms with E-state index in [9.17, 15) is 4.79 Å². The number of benzene rings is 1. The second-order valence-corrected chi connectivity index (χ2v) is 4.90. The highest BCUT2D eigenvalue weighted by molar-refractivity contribution is 5.85. The number of nitrogens with two attached hydrogens (primary N) is 2. The number of carbonyl (C=O) groups is 1. The van der Waals surface area contributed by atoms with Gasteiger partial charge in [0.05, 0.1) is 0 Å². The van der Waals surface area contributed by atoms with E-state index in [2.05, 4.69) is 0 Å². The molecule has 0 amide bonds. The maximum absolute atomic E-state index is 12.2. The standard InChI is InChI=1S/C14H20N4O2/c15-8-11-6-7-18(14(16)17)12(11)13(19)20-9-10-4-2-1-3-5-10/h1-5,11-12H,6-9,15H2,(H3,16,17). The Labute approximate surface area is 118 Å². The van der Waals surface area contributed by atoms with Crippen LogP contribution in [0.4, 0.5) is 0 Å². The highest BCUT2D eigenvalue weighted by atomic mass is 16.5. The van der Waals surface area contributed by atoms with Crippen LogP contribution < -0.4 is 11.5 Å². The quantitative estimate of drug-likeness (QED) is 0.416. The van der Waals surface area contributed by atoms with Crippen molar-refractivity contribution in [3.63, 3.8) is 0 Å². The van der Waals surface area contributed by atoms with Gasteiger partial charge in [0.1, 0.15) is 12.6 Å². The zero-order valence-corrected chi connectivity index (χ0v) is 11.3. The van der Waals surface area contributed by atoms with Gasteiger partial charge in [-0.15, -0.1) is 0 Å². The Hall–Kier alpha value is -2.08. The minimum atomic E-state index is -0.541. The lowest BCUT2D eigenvalue weighted by molar-refractivity contribution is -0.150. The molecule has 5 N–H and O–H groups in total. The summed E-state index contributed by atoms with van der Waals surface area (Å²) < 4.78 is 5.34. The van der Waals surface area contributed by atoms with E-state index in [0.717, 1.165) is 12.0 Å². The van der Waals surface area contributed by atoms with E-state index < -0.39 is 6.04 Å². The second-order valence-electron chi connectivity index (χ2n) is 4.90. The minimum absolute atomic E-state index is 0.0119. The molecule has 1 aromatic carbocycles. The molecule has 2 unspecified atom stereocenters. The molecule has 20 heavy (non-hydrogen) atoms. The molecular formula is C14H20N4O2. The van der Waals surface area contributed by atoms with Gasteiger partial charge in [-0.1, -0.05) is 30.3 Å². The molecule has 1 saturated heterocycles. The molecular weight excluding hydrogens is 256 g/mol. The van der Waals surface area contributed by atoms with E-state index in [4.69, 9.17) is 21.6 Å². The summed E-state index contributed by atoms with van der Waals surface area (Å²) in [5.41, 5.74) is 12.1. The molecule has 0 aliphatic carbocycles. The molecule has 2 atom stereocenters. The molecule has 0 saturated carbocycles. The van der Waals surface area contributed by atoms with Crippen molar-refractivity contribution < 1.29 is 9.53 Å². The van der Waals surface area contributed by atoms with Gasteiger partial charge in [-0.3, -0.25) is 5.41 Å². The Bertz CT molecular complexity index is 477. The van der Waals surface area contributed by atoms with Gasteiger partial charge in [0, 0.05) is 12.5 Å². The van der Waals surface area contributed by atoms with Crippen molar-refractivity contribution in [1.82, 2.24) is 4.90 Å². The van der Waals surface area contributed by atoms with Crippen molar-refractivity contribution in [2.75, 3.05) is 13.1 Å². The van der Waals surface area contributed by atoms with Crippen LogP contribution in [0.15, 0.2) is 30.3 Å². The van der Waals surface area contributed by atoms with Gasteiger partial charge in [0.15, 0.2) is 5.96 Å². The Morgan fingerprint density at radius 3 is 2.70 bits per heavy atom. The van der Waals surface area contributed by atoms with E-state index in [-0.39, 0.29) is 24.5 Å². The van der Waals surface area contributed by atoms with Crippen molar-refractivity contribution in [3.8, 4) is 0 Å². The molecule has 6 heteroatoms. The maximum atomic E-state index is 12.2. The van der Waals surface area contributed by atoms with Gasteiger partial charge in [-0.25, -0.2) is 4.79 Å². The predicted molar refractivity (Wildman–Crippen MR) is 75.8 cm³/mol. The SMILES string of the molecule is N=C(N)N1CCC(CN)C1C(=O)OCc1ccccc1. The fourth-order valence-electron chi connectivity index (χ4n) is 2.51. The van der Waals surface area contributed by atoms with Crippen LogP contribution >= 0.6 is 0 Å². The Morgan fingerprint density at radius 1 is 1.40 bits per heavy atom. The van der Waals surface area contributed by atoms with E-state index in [0.29, 0.717) is 13.1 Å². The smallest absolute Gasteiger partial charge is 0.329 e. The molecule has 6 nitrogen and oxygen atoms in total. The third kappa shape index (κ3) is 3.08. The van der Waals surface area contributed by atoms with Crippen molar-refractivity contribution in [1.29, 1.82) is 5.41 Å². The normalized spacial score (nSPS) is 21.8. The third-order valence-corrected chi connectivity index (χ3v) is 3.60. The fraction of sp³-hybridized carbons (Fsp3) is 0.429. The zero-order valence-electron chi connectivity index (χ0n) is 11.3. The molecule has 1 aliphatic rings. The van der Waals surface area contributed by atoms with Gasteiger partial charge >= 0.3 is 5.97 Å². The van der Waals surface area contributed by atoms with Gasteiger partial charge in [-0.2, -0.15) is 0 Å². The fourth-order valence-corrected chi connectivity index (χ4v) is 2.51. The third-order valence-electron chi connectivity index (χ3n) is 3.60. The molecule has 1 fully saturated rings. The first-order chi connectivity index (χ1) is 9.63. The van der Waals surface area contributed by atoms with Crippen LogP contribution in [0.3, 0.4) is 0 Å². The van der Waals surface area contributed by atoms with Crippen LogP contribution in [-0.2, 0) is 16.1 Å². The topological polar surface area (TPSA) is 105 Å². The molecule has 108 valence electrons. The second kappa shape index (κ2) is 6.38. The molecule has 0 radical (unpaired) electrons. The van der Waals surface area contributed by atoms with Crippen molar-refractivity contribution in [3.05, 3.63) is 35.9 Å². The summed E-state index contributed by atoms with van der Waals surface area (Å²) in [5, 5.41) is 7.53. The molecule has 2 rings (SSSR count). The lowest BCUT2D eigenvalue weighted by atomic mass is 10.0. The summed E-state index contributed by atoms with van der Waals surface area (Å²) in [5.74, 6) is -0.484. The van der Waals surface area contributed by atoms with Crippen LogP contribution in [0.25, 0.3) is 0 Å². The maximum Gasteiger partial charge on any atom is 0.329 e. The predicted octanol–water partition coefficient (Wildman–Crippen LogP) is 0.272. The molecule has 0 bridgehead atoms. The van der Waals surface area contributed by atoms with Crippen LogP contribution in [-0.4, -0.2) is 36.0 Å². The summed E-state index contributed by atoms with van der Waals surface area (Å²) in [6.07, 6.45) is 0.751. The number of carbonyl (C=O) groups excluding carboxylic acids is 1. The summed E-state index contributed by atoms with van der Waals surface area (Å²) in [4.78, 5) is 13.8. The largest absolute Gasteiger partial charge is 0.459 e. The Morgan fingerprint density at radius 2 is 2.10 bits per heavy atom. The molecule has 1 heterocycles. The van der Waals surface area contributed by atoms with E-state index in [1.165, 1.54) is 0 Å². The lowest BCUT2D eigenvalue weighted by Crippen LogP contribution is -2.48. The monoisotopic (exact) mass is 276 g/mol. The molecule has 0 spiro atoms. The average Bonchev–Trinajstić information content (AvgIpc) is 2.90. The first-order valence-corrected chi connectivity index (χ1v) is 6.64. The zero-order chi connectivity index (χ0) is 14.5. The van der Waals surface area contributed by atoms with Gasteiger partial charge < -0.3 is 21.1 Å². The summed E-state index contributed by atoms with van der Waals surface area (Å²) >= 11 is 0. The van der Waals surface area contributed by atoms with Gasteiger partial charge in [0.2, 0.25) is 0 Å². The van der Waals surface area contributed by atoms with E-state index in [1.807, 2.05) is 30.3 Å². The molecule has 1 aromatic rings. The number of esters is 1. The number of nitrogens with one attached hydrogen (secondary N) is 1. The first kappa shape index (κ1) is 14.3. The molecule has 0 aromatic heterocycles. The number of hydrogen-bond acceptors (Lipinski definition) is 4. The number of rotatable bonds is 4. The lowest BCUT2D eigenvalue weighted by Gasteiger charge is -2.26. The van der Waals surface area contributed by atoms with Gasteiger partial charge in [-0.05, 0) is 18.5 Å². The van der Waals surface area contributed by atoms with Crippen LogP contribution in [0.1, 0.15) is 12.0 Å². The molecule has 1 aliphatic heterocycles. The number of nitrogens with zero attached hydrogens (tertiary/aromatic N) is 1. The van der Waals surface area contributed by atoms with E-state index >= 15 is 0 Å². The Kier molecular flexibility index (Phi) is 4.57. The summed E-state index contributed by atoms with van der Waals surface area (Å²) in [6, 6.07) is 8.94. The van der Waals surface area contributed by atoms with Crippen molar-refractivity contribution >= 4 is 11.9 Å². The highest BCUT2D eigenvalue weighted by Crippen LogP contribution is 2.24. The average molecular weight is 276 g/mol. The number of ether oxygens (including phenoxy) is 1. The highest BCUT2D eigenvalue weighted by Gasteiger charge is 2.40. The van der Waals surface area contributed by atoms with Crippen molar-refractivity contribution in [2.24, 2.45) is 17.4 Å². The van der Waals surface area contributed by atoms with Crippen LogP contribution in [0, 0.1) is 11.3 Å². The Balaban J connectivity index is 2.00. The summed E-state index contributed by atoms with van der Waals surface area (Å²) in [7, 11) is 0. The van der Waals surface area contributed by atoms with Gasteiger partial charge in [0.25, 0.3) is 0 Å². The first-order valence-electron chi connectivity index (χ1n) is 6.64. The minimum Gasteiger partial charge on any atom is -0.459 e. The summed E-state index contributed by atoms with van der Waals surface area (Å²) in [6.45, 7) is 1.18. The number of likely N-dealkylation sites (tertiary alicyclic amines) is 1. The van der Waals surface area contributed by atoms with Crippen LogP contribution in [0.2, 0.25) is 0 Å². The number of hydrogen-bond donors (Lipinski definition) is 3. The van der Waals surface area contributed by atoms with Crippen LogP contribution in [0.5, 0.6) is 0 Å².